The molecule has 0 fully saturated rings. The summed E-state index contributed by atoms with van der Waals surface area (Å²) in [6.07, 6.45) is -0.218. The van der Waals surface area contributed by atoms with Gasteiger partial charge < -0.3 is 4.74 Å². The summed E-state index contributed by atoms with van der Waals surface area (Å²) in [5.74, 6) is 0.582. The Morgan fingerprint density at radius 2 is 1.85 bits per heavy atom. The number of hydrogen-bond acceptors (Lipinski definition) is 2. The monoisotopic (exact) mass is 370 g/mol. The first-order chi connectivity index (χ1) is 9.56. The maximum atomic E-state index is 12.3. The van der Waals surface area contributed by atoms with E-state index in [-0.39, 0.29) is 12.2 Å². The second-order valence-electron chi connectivity index (χ2n) is 4.51. The fourth-order valence-electron chi connectivity index (χ4n) is 2.28. The van der Waals surface area contributed by atoms with Crippen LogP contribution in [0.25, 0.3) is 0 Å². The molecular weight excluding hydrogens is 363 g/mol. The lowest BCUT2D eigenvalue weighted by Crippen LogP contribution is -2.21. The number of carbonyl (C=O) groups excluding carboxylic acids is 1. The van der Waals surface area contributed by atoms with Gasteiger partial charge in [0.15, 0.2) is 5.78 Å². The Bertz CT molecular complexity index is 680. The van der Waals surface area contributed by atoms with E-state index in [1.54, 1.807) is 30.3 Å². The number of Topliss-reactive ketones (excluding diaryl/α,β-unsaturated/α-hetero) is 1. The van der Waals surface area contributed by atoms with Crippen LogP contribution in [0.3, 0.4) is 0 Å². The summed E-state index contributed by atoms with van der Waals surface area (Å²) in [5.41, 5.74) is 1.25. The largest absolute Gasteiger partial charge is 0.484 e. The lowest BCUT2D eigenvalue weighted by atomic mass is 9.96. The molecule has 0 saturated carbocycles. The minimum Gasteiger partial charge on any atom is -0.484 e. The summed E-state index contributed by atoms with van der Waals surface area (Å²) in [6, 6.07) is 10.6. The van der Waals surface area contributed by atoms with Gasteiger partial charge in [-0.2, -0.15) is 0 Å². The molecule has 0 bridgehead atoms. The quantitative estimate of drug-likeness (QED) is 0.665. The van der Waals surface area contributed by atoms with Crippen molar-refractivity contribution in [3.63, 3.8) is 0 Å². The number of halogens is 3. The number of hydrogen-bond donors (Lipinski definition) is 0. The molecule has 2 aromatic rings. The van der Waals surface area contributed by atoms with Gasteiger partial charge in [-0.05, 0) is 30.3 Å². The minimum absolute atomic E-state index is 0.0218. The summed E-state index contributed by atoms with van der Waals surface area (Å²) in [6.45, 7) is 0. The Labute approximate surface area is 134 Å². The summed E-state index contributed by atoms with van der Waals surface area (Å²) >= 11 is 15.7. The summed E-state index contributed by atoms with van der Waals surface area (Å²) < 4.78 is 6.74. The van der Waals surface area contributed by atoms with Gasteiger partial charge in [-0.25, -0.2) is 0 Å². The van der Waals surface area contributed by atoms with Gasteiger partial charge in [-0.3, -0.25) is 4.79 Å². The molecule has 1 aliphatic rings. The van der Waals surface area contributed by atoms with Crippen molar-refractivity contribution in [2.75, 3.05) is 0 Å². The zero-order chi connectivity index (χ0) is 14.3. The fourth-order valence-corrected chi connectivity index (χ4v) is 3.28. The second-order valence-corrected chi connectivity index (χ2v) is 6.24. The lowest BCUT2D eigenvalue weighted by Gasteiger charge is -2.26. The predicted octanol–water partition coefficient (Wildman–Crippen LogP) is 5.46. The van der Waals surface area contributed by atoms with Crippen molar-refractivity contribution in [2.24, 2.45) is 0 Å². The average Bonchev–Trinajstić information content (AvgIpc) is 2.39. The summed E-state index contributed by atoms with van der Waals surface area (Å²) in [7, 11) is 0. The maximum Gasteiger partial charge on any atom is 0.170 e. The second kappa shape index (κ2) is 5.40. The average molecular weight is 372 g/mol. The molecule has 2 aromatic carbocycles. The van der Waals surface area contributed by atoms with Crippen molar-refractivity contribution in [1.82, 2.24) is 0 Å². The highest BCUT2D eigenvalue weighted by atomic mass is 79.9. The molecule has 5 heteroatoms. The van der Waals surface area contributed by atoms with Crippen molar-refractivity contribution in [3.8, 4) is 5.75 Å². The zero-order valence-corrected chi connectivity index (χ0v) is 13.3. The summed E-state index contributed by atoms with van der Waals surface area (Å²) in [5, 5.41) is 1.02. The Morgan fingerprint density at radius 3 is 2.55 bits per heavy atom. The lowest BCUT2D eigenvalue weighted by molar-refractivity contribution is 0.0850. The first kappa shape index (κ1) is 13.9. The maximum absolute atomic E-state index is 12.3. The topological polar surface area (TPSA) is 26.3 Å². The number of carbonyl (C=O) groups is 1. The smallest absolute Gasteiger partial charge is 0.170 e. The van der Waals surface area contributed by atoms with Crippen LogP contribution in [0.15, 0.2) is 40.9 Å². The Morgan fingerprint density at radius 1 is 1.15 bits per heavy atom. The Kier molecular flexibility index (Phi) is 3.76. The van der Waals surface area contributed by atoms with Crippen molar-refractivity contribution in [1.29, 1.82) is 0 Å². The third-order valence-corrected chi connectivity index (χ3v) is 4.36. The van der Waals surface area contributed by atoms with E-state index in [1.165, 1.54) is 0 Å². The molecule has 102 valence electrons. The molecule has 1 aliphatic heterocycles. The van der Waals surface area contributed by atoms with Crippen molar-refractivity contribution in [3.05, 3.63) is 62.0 Å². The third kappa shape index (κ3) is 2.46. The van der Waals surface area contributed by atoms with Gasteiger partial charge in [0.2, 0.25) is 0 Å². The van der Waals surface area contributed by atoms with E-state index in [1.807, 2.05) is 6.07 Å². The first-order valence-corrected chi connectivity index (χ1v) is 7.54. The molecule has 0 amide bonds. The number of benzene rings is 2. The van der Waals surface area contributed by atoms with Gasteiger partial charge in [0, 0.05) is 20.1 Å². The molecule has 2 nitrogen and oxygen atoms in total. The van der Waals surface area contributed by atoms with E-state index in [0.29, 0.717) is 26.9 Å². The van der Waals surface area contributed by atoms with Gasteiger partial charge in [-0.15, -0.1) is 0 Å². The van der Waals surface area contributed by atoms with Crippen molar-refractivity contribution >= 4 is 44.9 Å². The van der Waals surface area contributed by atoms with Crippen LogP contribution in [0.4, 0.5) is 0 Å². The normalized spacial score (nSPS) is 17.6. The highest BCUT2D eigenvalue weighted by Crippen LogP contribution is 2.40. The molecule has 20 heavy (non-hydrogen) atoms. The van der Waals surface area contributed by atoms with Crippen LogP contribution >= 0.6 is 39.1 Å². The van der Waals surface area contributed by atoms with Crippen LogP contribution in [-0.2, 0) is 0 Å². The van der Waals surface area contributed by atoms with Crippen LogP contribution in [0.2, 0.25) is 10.0 Å². The van der Waals surface area contributed by atoms with E-state index in [2.05, 4.69) is 15.9 Å². The molecule has 0 radical (unpaired) electrons. The van der Waals surface area contributed by atoms with Gasteiger partial charge in [0.05, 0.1) is 12.0 Å². The SMILES string of the molecule is O=C1CC(c2c(Cl)cccc2Cl)Oc2ccc(Br)cc21. The van der Waals surface area contributed by atoms with Gasteiger partial charge >= 0.3 is 0 Å². The van der Waals surface area contributed by atoms with Crippen LogP contribution in [0.1, 0.15) is 28.4 Å². The van der Waals surface area contributed by atoms with E-state index in [4.69, 9.17) is 27.9 Å². The molecule has 1 atom stereocenters. The molecule has 1 heterocycles. The first-order valence-electron chi connectivity index (χ1n) is 5.99. The zero-order valence-electron chi connectivity index (χ0n) is 10.2. The number of ether oxygens (including phenoxy) is 1. The van der Waals surface area contributed by atoms with Crippen LogP contribution in [0.5, 0.6) is 5.75 Å². The Balaban J connectivity index is 2.04. The van der Waals surface area contributed by atoms with Crippen LogP contribution in [0, 0.1) is 0 Å². The summed E-state index contributed by atoms with van der Waals surface area (Å²) in [4.78, 5) is 12.3. The van der Waals surface area contributed by atoms with E-state index in [0.717, 1.165) is 4.47 Å². The molecule has 0 spiro atoms. The molecule has 3 rings (SSSR count). The fraction of sp³-hybridized carbons (Fsp3) is 0.133. The van der Waals surface area contributed by atoms with Gasteiger partial charge in [-0.1, -0.05) is 45.2 Å². The number of ketones is 1. The van der Waals surface area contributed by atoms with E-state index < -0.39 is 6.10 Å². The number of fused-ring (bicyclic) bond motifs is 1. The predicted molar refractivity (Wildman–Crippen MR) is 82.9 cm³/mol. The molecule has 0 N–H and O–H groups in total. The van der Waals surface area contributed by atoms with E-state index >= 15 is 0 Å². The van der Waals surface area contributed by atoms with Crippen molar-refractivity contribution in [2.45, 2.75) is 12.5 Å². The molecular formula is C15H9BrCl2O2. The van der Waals surface area contributed by atoms with E-state index in [9.17, 15) is 4.79 Å². The number of rotatable bonds is 1. The standard InChI is InChI=1S/C15H9BrCl2O2/c16-8-4-5-13-9(6-8)12(19)7-14(20-13)15-10(17)2-1-3-11(15)18/h1-6,14H,7H2. The van der Waals surface area contributed by atoms with Gasteiger partial charge in [0.1, 0.15) is 11.9 Å². The molecule has 0 saturated heterocycles. The third-order valence-electron chi connectivity index (χ3n) is 3.20. The molecule has 0 aromatic heterocycles. The van der Waals surface area contributed by atoms with Crippen LogP contribution in [-0.4, -0.2) is 5.78 Å². The van der Waals surface area contributed by atoms with Crippen LogP contribution < -0.4 is 4.74 Å². The molecule has 1 unspecified atom stereocenters. The van der Waals surface area contributed by atoms with Gasteiger partial charge in [0.25, 0.3) is 0 Å². The molecule has 0 aliphatic carbocycles. The minimum atomic E-state index is -0.447. The Hall–Kier alpha value is -1.03. The van der Waals surface area contributed by atoms with Crippen molar-refractivity contribution < 1.29 is 9.53 Å². The highest BCUT2D eigenvalue weighted by Gasteiger charge is 2.30. The highest BCUT2D eigenvalue weighted by molar-refractivity contribution is 9.10.